The molecule has 4 rings (SSSR count). The molecule has 1 atom stereocenters. The molecule has 2 aromatic rings. The van der Waals surface area contributed by atoms with Gasteiger partial charge in [0.05, 0.1) is 12.2 Å². The SMILES string of the molecule is CNC(=O)[C@H]1CN(C(=O)c2cccc(CN3CCCC3=O)c2)c2ccccc2O1. The van der Waals surface area contributed by atoms with Crippen molar-refractivity contribution in [3.63, 3.8) is 0 Å². The van der Waals surface area contributed by atoms with Gasteiger partial charge in [0.15, 0.2) is 6.10 Å². The van der Waals surface area contributed by atoms with Gasteiger partial charge in [0, 0.05) is 32.1 Å². The normalized spacial score (nSPS) is 18.2. The van der Waals surface area contributed by atoms with Crippen molar-refractivity contribution in [2.24, 2.45) is 0 Å². The number of nitrogens with zero attached hydrogens (tertiary/aromatic N) is 2. The van der Waals surface area contributed by atoms with E-state index in [1.807, 2.05) is 29.2 Å². The molecule has 0 bridgehead atoms. The Hall–Kier alpha value is -3.35. The molecule has 2 aromatic carbocycles. The van der Waals surface area contributed by atoms with Crippen LogP contribution in [0.4, 0.5) is 5.69 Å². The van der Waals surface area contributed by atoms with Crippen molar-refractivity contribution >= 4 is 23.4 Å². The third-order valence-corrected chi connectivity index (χ3v) is 5.28. The summed E-state index contributed by atoms with van der Waals surface area (Å²) in [5.41, 5.74) is 2.06. The van der Waals surface area contributed by atoms with Gasteiger partial charge in [-0.15, -0.1) is 0 Å². The molecule has 0 spiro atoms. The van der Waals surface area contributed by atoms with Crippen molar-refractivity contribution in [1.29, 1.82) is 0 Å². The van der Waals surface area contributed by atoms with Gasteiger partial charge in [0.1, 0.15) is 5.75 Å². The number of likely N-dealkylation sites (tertiary alicyclic amines) is 1. The molecule has 0 unspecified atom stereocenters. The molecule has 1 saturated heterocycles. The summed E-state index contributed by atoms with van der Waals surface area (Å²) in [6, 6.07) is 14.5. The molecule has 150 valence electrons. The lowest BCUT2D eigenvalue weighted by molar-refractivity contribution is -0.128. The first kappa shape index (κ1) is 19.0. The van der Waals surface area contributed by atoms with Crippen LogP contribution in [0.2, 0.25) is 0 Å². The number of hydrogen-bond donors (Lipinski definition) is 1. The number of rotatable bonds is 4. The summed E-state index contributed by atoms with van der Waals surface area (Å²) in [7, 11) is 1.54. The lowest BCUT2D eigenvalue weighted by Crippen LogP contribution is -2.50. The smallest absolute Gasteiger partial charge is 0.262 e. The molecule has 0 saturated carbocycles. The second kappa shape index (κ2) is 7.95. The van der Waals surface area contributed by atoms with Crippen LogP contribution < -0.4 is 15.0 Å². The number of hydrogen-bond acceptors (Lipinski definition) is 4. The van der Waals surface area contributed by atoms with Gasteiger partial charge in [0.25, 0.3) is 11.8 Å². The fraction of sp³-hybridized carbons (Fsp3) is 0.318. The third-order valence-electron chi connectivity index (χ3n) is 5.28. The van der Waals surface area contributed by atoms with Crippen LogP contribution in [0.5, 0.6) is 5.75 Å². The number of nitrogens with one attached hydrogen (secondary N) is 1. The summed E-state index contributed by atoms with van der Waals surface area (Å²) < 4.78 is 5.78. The predicted octanol–water partition coefficient (Wildman–Crippen LogP) is 1.96. The van der Waals surface area contributed by atoms with E-state index in [-0.39, 0.29) is 24.3 Å². The van der Waals surface area contributed by atoms with E-state index in [9.17, 15) is 14.4 Å². The molecule has 1 fully saturated rings. The average Bonchev–Trinajstić information content (AvgIpc) is 3.16. The Morgan fingerprint density at radius 3 is 2.76 bits per heavy atom. The van der Waals surface area contributed by atoms with Crippen LogP contribution >= 0.6 is 0 Å². The summed E-state index contributed by atoms with van der Waals surface area (Å²) in [6.45, 7) is 1.38. The highest BCUT2D eigenvalue weighted by Gasteiger charge is 2.33. The number of amides is 3. The second-order valence-corrected chi connectivity index (χ2v) is 7.22. The maximum atomic E-state index is 13.3. The van der Waals surface area contributed by atoms with Gasteiger partial charge in [-0.25, -0.2) is 0 Å². The molecule has 7 heteroatoms. The largest absolute Gasteiger partial charge is 0.477 e. The van der Waals surface area contributed by atoms with Crippen molar-refractivity contribution in [1.82, 2.24) is 10.2 Å². The average molecular weight is 393 g/mol. The first-order valence-electron chi connectivity index (χ1n) is 9.72. The van der Waals surface area contributed by atoms with Crippen LogP contribution in [0.15, 0.2) is 48.5 Å². The quantitative estimate of drug-likeness (QED) is 0.861. The van der Waals surface area contributed by atoms with E-state index < -0.39 is 6.10 Å². The van der Waals surface area contributed by atoms with Crippen molar-refractivity contribution < 1.29 is 19.1 Å². The van der Waals surface area contributed by atoms with E-state index in [0.717, 1.165) is 18.5 Å². The van der Waals surface area contributed by atoms with Crippen molar-refractivity contribution in [2.75, 3.05) is 25.0 Å². The number of para-hydroxylation sites is 2. The molecule has 29 heavy (non-hydrogen) atoms. The summed E-state index contributed by atoms with van der Waals surface area (Å²) in [5.74, 6) is 0.166. The minimum absolute atomic E-state index is 0.129. The topological polar surface area (TPSA) is 79.0 Å². The molecule has 7 nitrogen and oxygen atoms in total. The first-order valence-corrected chi connectivity index (χ1v) is 9.72. The molecular formula is C22H23N3O4. The monoisotopic (exact) mass is 393 g/mol. The van der Waals surface area contributed by atoms with Gasteiger partial charge in [0.2, 0.25) is 5.91 Å². The van der Waals surface area contributed by atoms with Crippen molar-refractivity contribution in [3.05, 3.63) is 59.7 Å². The van der Waals surface area contributed by atoms with Crippen LogP contribution in [-0.2, 0) is 16.1 Å². The first-order chi connectivity index (χ1) is 14.1. The molecule has 0 radical (unpaired) electrons. The predicted molar refractivity (Wildman–Crippen MR) is 108 cm³/mol. The summed E-state index contributed by atoms with van der Waals surface area (Å²) in [6.07, 6.45) is 0.691. The van der Waals surface area contributed by atoms with Gasteiger partial charge in [-0.2, -0.15) is 0 Å². The van der Waals surface area contributed by atoms with E-state index in [0.29, 0.717) is 30.0 Å². The third kappa shape index (κ3) is 3.81. The lowest BCUT2D eigenvalue weighted by Gasteiger charge is -2.34. The van der Waals surface area contributed by atoms with Crippen LogP contribution in [0.3, 0.4) is 0 Å². The maximum Gasteiger partial charge on any atom is 0.262 e. The van der Waals surface area contributed by atoms with Gasteiger partial charge in [-0.05, 0) is 36.2 Å². The Morgan fingerprint density at radius 2 is 2.00 bits per heavy atom. The Kier molecular flexibility index (Phi) is 5.20. The minimum atomic E-state index is -0.774. The van der Waals surface area contributed by atoms with Crippen LogP contribution in [-0.4, -0.2) is 48.9 Å². The summed E-state index contributed by atoms with van der Waals surface area (Å²) in [5, 5.41) is 2.58. The molecule has 0 aliphatic carbocycles. The second-order valence-electron chi connectivity index (χ2n) is 7.22. The Balaban J connectivity index is 1.60. The Bertz CT molecular complexity index is 959. The number of anilines is 1. The number of carbonyl (C=O) groups is 3. The zero-order valence-corrected chi connectivity index (χ0v) is 16.3. The maximum absolute atomic E-state index is 13.3. The van der Waals surface area contributed by atoms with Gasteiger partial charge < -0.3 is 19.9 Å². The van der Waals surface area contributed by atoms with E-state index in [4.69, 9.17) is 4.74 Å². The van der Waals surface area contributed by atoms with Crippen molar-refractivity contribution in [3.8, 4) is 5.75 Å². The number of ether oxygens (including phenoxy) is 1. The van der Waals surface area contributed by atoms with Crippen molar-refractivity contribution in [2.45, 2.75) is 25.5 Å². The fourth-order valence-corrected chi connectivity index (χ4v) is 3.77. The van der Waals surface area contributed by atoms with Crippen LogP contribution in [0, 0.1) is 0 Å². The molecule has 0 aromatic heterocycles. The molecule has 2 heterocycles. The molecule has 3 amide bonds. The number of carbonyl (C=O) groups excluding carboxylic acids is 3. The highest BCUT2D eigenvalue weighted by molar-refractivity contribution is 6.08. The van der Waals surface area contributed by atoms with E-state index in [2.05, 4.69) is 5.32 Å². The van der Waals surface area contributed by atoms with Gasteiger partial charge in [-0.1, -0.05) is 24.3 Å². The zero-order valence-electron chi connectivity index (χ0n) is 16.3. The molecule has 2 aliphatic heterocycles. The van der Waals surface area contributed by atoms with E-state index in [1.54, 1.807) is 36.2 Å². The zero-order chi connectivity index (χ0) is 20.4. The van der Waals surface area contributed by atoms with E-state index >= 15 is 0 Å². The highest BCUT2D eigenvalue weighted by Crippen LogP contribution is 2.34. The number of likely N-dealkylation sites (N-methyl/N-ethyl adjacent to an activating group) is 1. The minimum Gasteiger partial charge on any atom is -0.477 e. The van der Waals surface area contributed by atoms with Crippen LogP contribution in [0.25, 0.3) is 0 Å². The van der Waals surface area contributed by atoms with Crippen LogP contribution in [0.1, 0.15) is 28.8 Å². The number of benzene rings is 2. The summed E-state index contributed by atoms with van der Waals surface area (Å²) >= 11 is 0. The fourth-order valence-electron chi connectivity index (χ4n) is 3.77. The Labute approximate surface area is 169 Å². The number of fused-ring (bicyclic) bond motifs is 1. The molecule has 2 aliphatic rings. The van der Waals surface area contributed by atoms with Gasteiger partial charge in [-0.3, -0.25) is 14.4 Å². The lowest BCUT2D eigenvalue weighted by atomic mass is 10.1. The van der Waals surface area contributed by atoms with E-state index in [1.165, 1.54) is 0 Å². The highest BCUT2D eigenvalue weighted by atomic mass is 16.5. The summed E-state index contributed by atoms with van der Waals surface area (Å²) in [4.78, 5) is 40.8. The Morgan fingerprint density at radius 1 is 1.17 bits per heavy atom. The van der Waals surface area contributed by atoms with Gasteiger partial charge >= 0.3 is 0 Å². The molecule has 1 N–H and O–H groups in total. The standard InChI is InChI=1S/C22H23N3O4/c1-23-21(27)19-14-25(17-8-2-3-9-18(17)29-19)22(28)16-7-4-6-15(12-16)13-24-11-5-10-20(24)26/h2-4,6-9,12,19H,5,10-11,13-14H2,1H3,(H,23,27)/t19-/m1/s1. The molecular weight excluding hydrogens is 370 g/mol.